The maximum atomic E-state index is 14.3. The number of alkyl carbamates (subject to hydrolysis) is 1. The molecule has 60 heavy (non-hydrogen) atoms. The van der Waals surface area contributed by atoms with Crippen molar-refractivity contribution in [1.82, 2.24) is 36.4 Å². The van der Waals surface area contributed by atoms with Crippen LogP contribution < -0.4 is 32.3 Å². The van der Waals surface area contributed by atoms with E-state index in [1.807, 2.05) is 41.5 Å². The van der Waals surface area contributed by atoms with Crippen LogP contribution >= 0.6 is 0 Å². The monoisotopic (exact) mass is 851 g/mol. The minimum absolute atomic E-state index is 0.0172. The van der Waals surface area contributed by atoms with E-state index in [0.717, 1.165) is 12.8 Å². The summed E-state index contributed by atoms with van der Waals surface area (Å²) in [6, 6.07) is -3.71. The van der Waals surface area contributed by atoms with Gasteiger partial charge in [0.2, 0.25) is 35.4 Å². The van der Waals surface area contributed by atoms with Gasteiger partial charge in [-0.3, -0.25) is 33.6 Å². The zero-order valence-electron chi connectivity index (χ0n) is 38.2. The van der Waals surface area contributed by atoms with Gasteiger partial charge in [0.25, 0.3) is 0 Å². The fourth-order valence-electron chi connectivity index (χ4n) is 6.93. The van der Waals surface area contributed by atoms with Crippen molar-refractivity contribution in [3.05, 3.63) is 0 Å². The lowest BCUT2D eigenvalue weighted by Crippen LogP contribution is -2.57. The number of nitrogens with zero attached hydrogens (tertiary/aromatic N) is 2. The van der Waals surface area contributed by atoms with E-state index in [9.17, 15) is 38.4 Å². The molecule has 0 aromatic heterocycles. The van der Waals surface area contributed by atoms with Gasteiger partial charge in [-0.1, -0.05) is 48.0 Å². The number of carbonyl (C=O) groups is 8. The highest BCUT2D eigenvalue weighted by Gasteiger charge is 2.36. The Bertz CT molecular complexity index is 1410. The molecule has 1 saturated heterocycles. The summed E-state index contributed by atoms with van der Waals surface area (Å²) in [4.78, 5) is 109. The standard InChI is InChI=1S/C43H78N8O9/c1-28(2)23-33(38(55)46-26-32(53)17-12-11-13-19-44)48-39(56)34(24-29(3)4)47-37(54)27-50(21-15-14-20-45-42(59)60-43(8,9)10)41(58)35(25-30(5)6)49-40(57)36-18-16-22-51(36)31(7)52/h28-30,33-36H,11-27,44H2,1-10H3,(H,45,59)(H,46,55)(H,47,54)(H,48,56)(H,49,57)/t33-,34-,35-,36-/m0/s1. The van der Waals surface area contributed by atoms with E-state index in [2.05, 4.69) is 26.6 Å². The first-order chi connectivity index (χ1) is 28.0. The number of amides is 7. The van der Waals surface area contributed by atoms with Gasteiger partial charge in [0.05, 0.1) is 13.1 Å². The summed E-state index contributed by atoms with van der Waals surface area (Å²) in [6.45, 7) is 18.8. The van der Waals surface area contributed by atoms with Crippen LogP contribution in [0.3, 0.4) is 0 Å². The molecule has 344 valence electrons. The first-order valence-corrected chi connectivity index (χ1v) is 22.0. The van der Waals surface area contributed by atoms with Gasteiger partial charge in [-0.15, -0.1) is 0 Å². The summed E-state index contributed by atoms with van der Waals surface area (Å²) in [6.07, 6.45) is 4.81. The number of Topliss-reactive ketones (excluding diaryl/α,β-unsaturated/α-hetero) is 1. The van der Waals surface area contributed by atoms with Gasteiger partial charge in [-0.25, -0.2) is 4.79 Å². The highest BCUT2D eigenvalue weighted by Crippen LogP contribution is 2.19. The van der Waals surface area contributed by atoms with Gasteiger partial charge in [0, 0.05) is 33.0 Å². The molecule has 0 aromatic carbocycles. The predicted octanol–water partition coefficient (Wildman–Crippen LogP) is 2.93. The van der Waals surface area contributed by atoms with Crippen molar-refractivity contribution in [2.24, 2.45) is 23.5 Å². The van der Waals surface area contributed by atoms with Crippen molar-refractivity contribution in [3.63, 3.8) is 0 Å². The van der Waals surface area contributed by atoms with Gasteiger partial charge >= 0.3 is 6.09 Å². The Morgan fingerprint density at radius 3 is 1.92 bits per heavy atom. The molecule has 0 radical (unpaired) electrons. The number of nitrogens with two attached hydrogens (primary N) is 1. The largest absolute Gasteiger partial charge is 0.444 e. The molecule has 0 aliphatic carbocycles. The molecule has 1 heterocycles. The predicted molar refractivity (Wildman–Crippen MR) is 230 cm³/mol. The number of carbonyl (C=O) groups excluding carboxylic acids is 8. The van der Waals surface area contributed by atoms with E-state index >= 15 is 0 Å². The molecule has 4 atom stereocenters. The van der Waals surface area contributed by atoms with Crippen LogP contribution in [-0.2, 0) is 38.3 Å². The van der Waals surface area contributed by atoms with E-state index in [1.165, 1.54) is 16.7 Å². The third-order valence-electron chi connectivity index (χ3n) is 9.77. The molecule has 7 amide bonds. The molecule has 1 rings (SSSR count). The number of ether oxygens (including phenoxy) is 1. The zero-order valence-corrected chi connectivity index (χ0v) is 38.2. The van der Waals surface area contributed by atoms with Crippen LogP contribution in [0.15, 0.2) is 0 Å². The Morgan fingerprint density at radius 2 is 1.35 bits per heavy atom. The molecule has 0 bridgehead atoms. The molecule has 1 fully saturated rings. The molecule has 7 N–H and O–H groups in total. The number of ketones is 1. The minimum Gasteiger partial charge on any atom is -0.444 e. The summed E-state index contributed by atoms with van der Waals surface area (Å²) in [5.41, 5.74) is 4.85. The lowest BCUT2D eigenvalue weighted by atomic mass is 10.00. The van der Waals surface area contributed by atoms with Gasteiger partial charge in [-0.2, -0.15) is 0 Å². The molecule has 17 heteroatoms. The van der Waals surface area contributed by atoms with Crippen LogP contribution in [0.2, 0.25) is 0 Å². The molecule has 1 aliphatic heterocycles. The van der Waals surface area contributed by atoms with Crippen LogP contribution in [-0.4, -0.2) is 126 Å². The minimum atomic E-state index is -1.05. The summed E-state index contributed by atoms with van der Waals surface area (Å²) in [5.74, 6) is -3.01. The fourth-order valence-corrected chi connectivity index (χ4v) is 6.93. The SMILES string of the molecule is CC(=O)N1CCC[C@H]1C(=O)N[C@@H](CC(C)C)C(=O)N(CCCCNC(=O)OC(C)(C)C)CC(=O)N[C@@H](CC(C)C)C(=O)N[C@@H](CC(C)C)C(=O)NCC(=O)CCCCCN. The normalized spacial score (nSPS) is 15.6. The quantitative estimate of drug-likeness (QED) is 0.0661. The zero-order chi connectivity index (χ0) is 45.6. The molecular formula is C43H78N8O9. The van der Waals surface area contributed by atoms with E-state index in [4.69, 9.17) is 10.5 Å². The average Bonchev–Trinajstić information content (AvgIpc) is 3.63. The summed E-state index contributed by atoms with van der Waals surface area (Å²) >= 11 is 0. The van der Waals surface area contributed by atoms with Crippen molar-refractivity contribution in [2.75, 3.05) is 39.3 Å². The summed E-state index contributed by atoms with van der Waals surface area (Å²) in [7, 11) is 0. The topological polar surface area (TPSA) is 238 Å². The van der Waals surface area contributed by atoms with E-state index in [0.29, 0.717) is 58.0 Å². The summed E-state index contributed by atoms with van der Waals surface area (Å²) in [5, 5.41) is 13.8. The highest BCUT2D eigenvalue weighted by molar-refractivity contribution is 5.96. The van der Waals surface area contributed by atoms with Crippen molar-refractivity contribution in [2.45, 2.75) is 170 Å². The number of rotatable bonds is 27. The number of nitrogens with one attached hydrogen (secondary N) is 5. The number of unbranched alkanes of at least 4 members (excludes halogenated alkanes) is 3. The smallest absolute Gasteiger partial charge is 0.407 e. The van der Waals surface area contributed by atoms with E-state index < -0.39 is 71.9 Å². The lowest BCUT2D eigenvalue weighted by molar-refractivity contribution is -0.142. The van der Waals surface area contributed by atoms with Crippen molar-refractivity contribution in [1.29, 1.82) is 0 Å². The maximum absolute atomic E-state index is 14.3. The third-order valence-corrected chi connectivity index (χ3v) is 9.77. The van der Waals surface area contributed by atoms with Crippen molar-refractivity contribution >= 4 is 47.3 Å². The average molecular weight is 851 g/mol. The van der Waals surface area contributed by atoms with Crippen molar-refractivity contribution in [3.8, 4) is 0 Å². The Kier molecular flexibility index (Phi) is 24.7. The molecule has 0 aromatic rings. The Labute approximate surface area is 358 Å². The van der Waals surface area contributed by atoms with Gasteiger partial charge in [0.15, 0.2) is 5.78 Å². The van der Waals surface area contributed by atoms with Crippen LogP contribution in [0.1, 0.15) is 140 Å². The Hall–Kier alpha value is -4.28. The van der Waals surface area contributed by atoms with Crippen LogP contribution in [0, 0.1) is 17.8 Å². The van der Waals surface area contributed by atoms with E-state index in [-0.39, 0.29) is 61.9 Å². The number of hydrogen-bond donors (Lipinski definition) is 6. The number of likely N-dealkylation sites (tertiary alicyclic amines) is 1. The number of hydrogen-bond acceptors (Lipinski definition) is 10. The highest BCUT2D eigenvalue weighted by atomic mass is 16.6. The van der Waals surface area contributed by atoms with Gasteiger partial charge < -0.3 is 46.9 Å². The molecule has 0 spiro atoms. The second kappa shape index (κ2) is 27.5. The molecule has 1 aliphatic rings. The fraction of sp³-hybridized carbons (Fsp3) is 0.814. The Balaban J connectivity index is 3.25. The second-order valence-electron chi connectivity index (χ2n) is 18.3. The summed E-state index contributed by atoms with van der Waals surface area (Å²) < 4.78 is 5.30. The first kappa shape index (κ1) is 53.7. The second-order valence-corrected chi connectivity index (χ2v) is 18.3. The van der Waals surface area contributed by atoms with Crippen LogP contribution in [0.5, 0.6) is 0 Å². The lowest BCUT2D eigenvalue weighted by Gasteiger charge is -2.31. The first-order valence-electron chi connectivity index (χ1n) is 22.0. The molecular weight excluding hydrogens is 773 g/mol. The molecule has 0 unspecified atom stereocenters. The van der Waals surface area contributed by atoms with Crippen molar-refractivity contribution < 1.29 is 43.1 Å². The van der Waals surface area contributed by atoms with E-state index in [1.54, 1.807) is 20.8 Å². The van der Waals surface area contributed by atoms with Crippen LogP contribution in [0.4, 0.5) is 4.79 Å². The van der Waals surface area contributed by atoms with Gasteiger partial charge in [-0.05, 0) is 103 Å². The van der Waals surface area contributed by atoms with Crippen LogP contribution in [0.25, 0.3) is 0 Å². The molecule has 0 saturated carbocycles. The molecule has 17 nitrogen and oxygen atoms in total. The third kappa shape index (κ3) is 22.4. The van der Waals surface area contributed by atoms with Gasteiger partial charge in [0.1, 0.15) is 29.8 Å². The Morgan fingerprint density at radius 1 is 0.750 bits per heavy atom. The maximum Gasteiger partial charge on any atom is 0.407 e.